The van der Waals surface area contributed by atoms with Crippen LogP contribution < -0.4 is 5.32 Å². The standard InChI is InChI=1S/C15H31NO/c1-6-12-8-7-9-13(10-12)15(5,17)11-16-14(2,3)4/h12-13,16-17H,6-11H2,1-5H3. The molecule has 3 atom stereocenters. The summed E-state index contributed by atoms with van der Waals surface area (Å²) >= 11 is 0. The topological polar surface area (TPSA) is 32.3 Å². The first-order chi connectivity index (χ1) is 7.74. The van der Waals surface area contributed by atoms with Gasteiger partial charge >= 0.3 is 0 Å². The third kappa shape index (κ3) is 4.97. The summed E-state index contributed by atoms with van der Waals surface area (Å²) in [5.41, 5.74) is -0.468. The lowest BCUT2D eigenvalue weighted by Crippen LogP contribution is -2.50. The van der Waals surface area contributed by atoms with Crippen LogP contribution in [0.4, 0.5) is 0 Å². The van der Waals surface area contributed by atoms with Crippen LogP contribution in [0, 0.1) is 11.8 Å². The van der Waals surface area contributed by atoms with Crippen LogP contribution in [0.1, 0.15) is 66.7 Å². The highest BCUT2D eigenvalue weighted by Crippen LogP contribution is 2.37. The summed E-state index contributed by atoms with van der Waals surface area (Å²) in [6, 6.07) is 0. The summed E-state index contributed by atoms with van der Waals surface area (Å²) in [6.07, 6.45) is 6.30. The zero-order valence-electron chi connectivity index (χ0n) is 12.3. The van der Waals surface area contributed by atoms with Gasteiger partial charge in [0.1, 0.15) is 0 Å². The Morgan fingerprint density at radius 2 is 1.82 bits per heavy atom. The van der Waals surface area contributed by atoms with Crippen LogP contribution in [0.2, 0.25) is 0 Å². The molecule has 1 saturated carbocycles. The molecule has 0 aromatic carbocycles. The molecule has 0 aromatic heterocycles. The van der Waals surface area contributed by atoms with Crippen molar-refractivity contribution < 1.29 is 5.11 Å². The van der Waals surface area contributed by atoms with Crippen molar-refractivity contribution >= 4 is 0 Å². The van der Waals surface area contributed by atoms with E-state index in [2.05, 4.69) is 33.0 Å². The second-order valence-corrected chi connectivity index (χ2v) is 7.10. The van der Waals surface area contributed by atoms with Crippen molar-refractivity contribution in [1.29, 1.82) is 0 Å². The predicted molar refractivity (Wildman–Crippen MR) is 74.1 cm³/mol. The number of hydrogen-bond acceptors (Lipinski definition) is 2. The fourth-order valence-corrected chi connectivity index (χ4v) is 2.82. The lowest BCUT2D eigenvalue weighted by Gasteiger charge is -2.40. The normalized spacial score (nSPS) is 30.0. The summed E-state index contributed by atoms with van der Waals surface area (Å²) in [5.74, 6) is 1.30. The molecular formula is C15H31NO. The Morgan fingerprint density at radius 1 is 1.18 bits per heavy atom. The van der Waals surface area contributed by atoms with Crippen molar-refractivity contribution in [2.24, 2.45) is 11.8 Å². The molecule has 3 unspecified atom stereocenters. The van der Waals surface area contributed by atoms with Crippen molar-refractivity contribution in [2.45, 2.75) is 77.9 Å². The minimum atomic E-state index is -0.554. The molecule has 17 heavy (non-hydrogen) atoms. The Kier molecular flexibility index (Phi) is 5.03. The zero-order chi connectivity index (χ0) is 13.1. The van der Waals surface area contributed by atoms with Crippen LogP contribution in [0.25, 0.3) is 0 Å². The van der Waals surface area contributed by atoms with E-state index in [9.17, 15) is 5.11 Å². The minimum Gasteiger partial charge on any atom is -0.389 e. The molecule has 0 spiro atoms. The summed E-state index contributed by atoms with van der Waals surface area (Å²) in [5, 5.41) is 14.1. The third-order valence-corrected chi connectivity index (χ3v) is 4.22. The monoisotopic (exact) mass is 241 g/mol. The average Bonchev–Trinajstić information content (AvgIpc) is 2.26. The highest BCUT2D eigenvalue weighted by atomic mass is 16.3. The molecular weight excluding hydrogens is 210 g/mol. The van der Waals surface area contributed by atoms with E-state index in [4.69, 9.17) is 0 Å². The maximum absolute atomic E-state index is 10.7. The van der Waals surface area contributed by atoms with Crippen molar-refractivity contribution in [3.63, 3.8) is 0 Å². The van der Waals surface area contributed by atoms with Gasteiger partial charge in [0.25, 0.3) is 0 Å². The van der Waals surface area contributed by atoms with Crippen molar-refractivity contribution in [1.82, 2.24) is 5.32 Å². The predicted octanol–water partition coefficient (Wildman–Crippen LogP) is 3.34. The van der Waals surface area contributed by atoms with E-state index in [1.807, 2.05) is 6.92 Å². The van der Waals surface area contributed by atoms with Gasteiger partial charge < -0.3 is 10.4 Å². The van der Waals surface area contributed by atoms with Gasteiger partial charge in [0, 0.05) is 12.1 Å². The molecule has 1 rings (SSSR count). The average molecular weight is 241 g/mol. The highest BCUT2D eigenvalue weighted by Gasteiger charge is 2.35. The molecule has 1 fully saturated rings. The quantitative estimate of drug-likeness (QED) is 0.791. The molecule has 0 bridgehead atoms. The van der Waals surface area contributed by atoms with Gasteiger partial charge in [-0.05, 0) is 52.4 Å². The molecule has 2 heteroatoms. The molecule has 0 radical (unpaired) electrons. The van der Waals surface area contributed by atoms with Crippen molar-refractivity contribution in [2.75, 3.05) is 6.54 Å². The largest absolute Gasteiger partial charge is 0.389 e. The fourth-order valence-electron chi connectivity index (χ4n) is 2.82. The molecule has 0 heterocycles. The number of nitrogens with one attached hydrogen (secondary N) is 1. The number of rotatable bonds is 4. The smallest absolute Gasteiger partial charge is 0.0771 e. The van der Waals surface area contributed by atoms with E-state index >= 15 is 0 Å². The van der Waals surface area contributed by atoms with Gasteiger partial charge in [-0.15, -0.1) is 0 Å². The van der Waals surface area contributed by atoms with Gasteiger partial charge in [-0.25, -0.2) is 0 Å². The summed E-state index contributed by atoms with van der Waals surface area (Å²) in [6.45, 7) is 11.4. The maximum Gasteiger partial charge on any atom is 0.0771 e. The molecule has 1 aliphatic carbocycles. The van der Waals surface area contributed by atoms with Gasteiger partial charge in [-0.2, -0.15) is 0 Å². The van der Waals surface area contributed by atoms with Gasteiger partial charge in [0.2, 0.25) is 0 Å². The van der Waals surface area contributed by atoms with E-state index in [1.54, 1.807) is 0 Å². The number of hydrogen-bond donors (Lipinski definition) is 2. The first-order valence-corrected chi connectivity index (χ1v) is 7.22. The van der Waals surface area contributed by atoms with Gasteiger partial charge in [-0.3, -0.25) is 0 Å². The van der Waals surface area contributed by atoms with Gasteiger partial charge in [0.15, 0.2) is 0 Å². The van der Waals surface area contributed by atoms with Crippen molar-refractivity contribution in [3.05, 3.63) is 0 Å². The lowest BCUT2D eigenvalue weighted by atomic mass is 9.72. The first-order valence-electron chi connectivity index (χ1n) is 7.22. The Hall–Kier alpha value is -0.0800. The number of β-amino-alcohol motifs (C(OH)–C–C–N with tert-alkyl or cyclic N) is 1. The second-order valence-electron chi connectivity index (χ2n) is 7.10. The van der Waals surface area contributed by atoms with E-state index in [0.29, 0.717) is 12.5 Å². The summed E-state index contributed by atoms with van der Waals surface area (Å²) < 4.78 is 0. The SMILES string of the molecule is CCC1CCCC(C(C)(O)CNC(C)(C)C)C1. The van der Waals surface area contributed by atoms with E-state index < -0.39 is 5.60 Å². The first kappa shape index (κ1) is 15.0. The van der Waals surface area contributed by atoms with E-state index in [0.717, 1.165) is 5.92 Å². The minimum absolute atomic E-state index is 0.0861. The second kappa shape index (κ2) is 5.71. The molecule has 0 aliphatic heterocycles. The van der Waals surface area contributed by atoms with Crippen LogP contribution in [0.5, 0.6) is 0 Å². The molecule has 2 N–H and O–H groups in total. The molecule has 0 saturated heterocycles. The van der Waals surface area contributed by atoms with E-state index in [-0.39, 0.29) is 5.54 Å². The molecule has 1 aliphatic rings. The Morgan fingerprint density at radius 3 is 2.35 bits per heavy atom. The van der Waals surface area contributed by atoms with E-state index in [1.165, 1.54) is 32.1 Å². The van der Waals surface area contributed by atoms with Crippen LogP contribution in [0.15, 0.2) is 0 Å². The van der Waals surface area contributed by atoms with Crippen LogP contribution in [-0.4, -0.2) is 22.8 Å². The lowest BCUT2D eigenvalue weighted by molar-refractivity contribution is -0.0285. The van der Waals surface area contributed by atoms with Crippen LogP contribution in [0.3, 0.4) is 0 Å². The van der Waals surface area contributed by atoms with Crippen LogP contribution in [-0.2, 0) is 0 Å². The summed E-state index contributed by atoms with van der Waals surface area (Å²) in [7, 11) is 0. The van der Waals surface area contributed by atoms with Gasteiger partial charge in [0.05, 0.1) is 5.60 Å². The maximum atomic E-state index is 10.7. The fraction of sp³-hybridized carbons (Fsp3) is 1.00. The number of aliphatic hydroxyl groups is 1. The third-order valence-electron chi connectivity index (χ3n) is 4.22. The van der Waals surface area contributed by atoms with Crippen LogP contribution >= 0.6 is 0 Å². The van der Waals surface area contributed by atoms with Gasteiger partial charge in [-0.1, -0.05) is 26.2 Å². The highest BCUT2D eigenvalue weighted by molar-refractivity contribution is 4.90. The molecule has 0 aromatic rings. The summed E-state index contributed by atoms with van der Waals surface area (Å²) in [4.78, 5) is 0. The Balaban J connectivity index is 2.50. The zero-order valence-corrected chi connectivity index (χ0v) is 12.3. The molecule has 0 amide bonds. The Bertz CT molecular complexity index is 230. The Labute approximate surface area is 107 Å². The molecule has 102 valence electrons. The van der Waals surface area contributed by atoms with Crippen molar-refractivity contribution in [3.8, 4) is 0 Å². The molecule has 2 nitrogen and oxygen atoms in total.